The molecular weight excluding hydrogens is 431 g/mol. The Bertz CT molecular complexity index is 851. The maximum absolute atomic E-state index is 12.5. The number of ether oxygens (including phenoxy) is 1. The minimum atomic E-state index is -1.10. The molecule has 1 N–H and O–H groups in total. The van der Waals surface area contributed by atoms with Gasteiger partial charge in [0, 0.05) is 10.0 Å². The van der Waals surface area contributed by atoms with Crippen LogP contribution in [0.4, 0.5) is 0 Å². The molecule has 30 heavy (non-hydrogen) atoms. The number of hydrogen-bond acceptors (Lipinski definition) is 5. The van der Waals surface area contributed by atoms with Crippen molar-refractivity contribution in [1.82, 2.24) is 10.2 Å². The van der Waals surface area contributed by atoms with E-state index in [-0.39, 0.29) is 23.7 Å². The number of nitrogens with one attached hydrogen (secondary N) is 1. The van der Waals surface area contributed by atoms with Crippen LogP contribution in [0.2, 0.25) is 10.0 Å². The second kappa shape index (κ2) is 9.35. The van der Waals surface area contributed by atoms with Crippen LogP contribution in [0.5, 0.6) is 0 Å². The molecule has 162 valence electrons. The topological polar surface area (TPSA) is 92.8 Å². The van der Waals surface area contributed by atoms with Gasteiger partial charge in [-0.2, -0.15) is 0 Å². The number of amides is 3. The van der Waals surface area contributed by atoms with Gasteiger partial charge in [-0.15, -0.1) is 0 Å². The Morgan fingerprint density at radius 2 is 1.73 bits per heavy atom. The third kappa shape index (κ3) is 4.78. The van der Waals surface area contributed by atoms with Gasteiger partial charge in [-0.3, -0.25) is 24.1 Å². The number of likely N-dealkylation sites (tertiary alicyclic amines) is 1. The van der Waals surface area contributed by atoms with Gasteiger partial charge in [-0.05, 0) is 44.4 Å². The highest BCUT2D eigenvalue weighted by Gasteiger charge is 2.48. The first-order chi connectivity index (χ1) is 14.2. The Hall–Kier alpha value is -2.12. The predicted molar refractivity (Wildman–Crippen MR) is 111 cm³/mol. The molecule has 0 spiro atoms. The molecule has 2 fully saturated rings. The molecule has 1 heterocycles. The van der Waals surface area contributed by atoms with Gasteiger partial charge in [0.05, 0.1) is 17.9 Å². The summed E-state index contributed by atoms with van der Waals surface area (Å²) in [4.78, 5) is 50.6. The number of benzene rings is 1. The van der Waals surface area contributed by atoms with E-state index in [1.165, 1.54) is 6.92 Å². The lowest BCUT2D eigenvalue weighted by Gasteiger charge is -2.20. The van der Waals surface area contributed by atoms with Crippen molar-refractivity contribution in [3.63, 3.8) is 0 Å². The van der Waals surface area contributed by atoms with Gasteiger partial charge in [0.1, 0.15) is 6.54 Å². The molecule has 0 bridgehead atoms. The van der Waals surface area contributed by atoms with Crippen molar-refractivity contribution in [2.24, 2.45) is 11.8 Å². The van der Waals surface area contributed by atoms with E-state index in [1.54, 1.807) is 25.1 Å². The molecule has 0 aromatic heterocycles. The largest absolute Gasteiger partial charge is 0.451 e. The smallest absolute Gasteiger partial charge is 0.326 e. The summed E-state index contributed by atoms with van der Waals surface area (Å²) in [6, 6.07) is 4.51. The molecule has 9 heteroatoms. The third-order valence-electron chi connectivity index (χ3n) is 5.68. The van der Waals surface area contributed by atoms with Crippen molar-refractivity contribution in [2.75, 3.05) is 6.54 Å². The molecule has 3 amide bonds. The van der Waals surface area contributed by atoms with Crippen molar-refractivity contribution in [3.05, 3.63) is 33.8 Å². The number of imide groups is 1. The minimum Gasteiger partial charge on any atom is -0.451 e. The average Bonchev–Trinajstić information content (AvgIpc) is 2.93. The van der Waals surface area contributed by atoms with Crippen molar-refractivity contribution in [1.29, 1.82) is 0 Å². The summed E-state index contributed by atoms with van der Waals surface area (Å²) in [5, 5.41) is 3.61. The van der Waals surface area contributed by atoms with Crippen LogP contribution in [0, 0.1) is 11.8 Å². The first-order valence-electron chi connectivity index (χ1n) is 9.99. The number of fused-ring (bicyclic) bond motifs is 1. The van der Waals surface area contributed by atoms with Gasteiger partial charge >= 0.3 is 5.97 Å². The monoisotopic (exact) mass is 454 g/mol. The zero-order chi connectivity index (χ0) is 22.0. The zero-order valence-electron chi connectivity index (χ0n) is 16.8. The van der Waals surface area contributed by atoms with E-state index in [9.17, 15) is 19.2 Å². The number of hydrogen-bond donors (Lipinski definition) is 1. The second-order valence-corrected chi connectivity index (χ2v) is 8.63. The van der Waals surface area contributed by atoms with Crippen LogP contribution in [0.1, 0.15) is 51.1 Å². The summed E-state index contributed by atoms with van der Waals surface area (Å²) in [5.74, 6) is -2.60. The summed E-state index contributed by atoms with van der Waals surface area (Å²) in [6.07, 6.45) is 2.06. The third-order valence-corrected chi connectivity index (χ3v) is 6.25. The quantitative estimate of drug-likeness (QED) is 0.525. The summed E-state index contributed by atoms with van der Waals surface area (Å²) >= 11 is 12.0. The Morgan fingerprint density at radius 1 is 1.13 bits per heavy atom. The molecule has 4 unspecified atom stereocenters. The van der Waals surface area contributed by atoms with E-state index in [4.69, 9.17) is 27.9 Å². The van der Waals surface area contributed by atoms with Crippen LogP contribution in [0.3, 0.4) is 0 Å². The molecule has 1 saturated carbocycles. The van der Waals surface area contributed by atoms with Crippen LogP contribution < -0.4 is 5.32 Å². The van der Waals surface area contributed by atoms with Crippen LogP contribution in [-0.4, -0.2) is 41.2 Å². The number of carbonyl (C=O) groups is 4. The van der Waals surface area contributed by atoms with Gasteiger partial charge in [-0.1, -0.05) is 42.1 Å². The Morgan fingerprint density at radius 3 is 2.30 bits per heavy atom. The molecule has 7 nitrogen and oxygen atoms in total. The van der Waals surface area contributed by atoms with Gasteiger partial charge in [0.25, 0.3) is 5.91 Å². The SMILES string of the molecule is CC(OC(=O)CN1C(=O)C2CCCCC2C1=O)C(=O)NC(C)c1ccc(Cl)cc1Cl. The first kappa shape index (κ1) is 22.6. The van der Waals surface area contributed by atoms with E-state index in [0.717, 1.165) is 17.7 Å². The zero-order valence-corrected chi connectivity index (χ0v) is 18.3. The number of halogens is 2. The highest BCUT2D eigenvalue weighted by atomic mass is 35.5. The molecule has 1 aromatic rings. The van der Waals surface area contributed by atoms with Gasteiger partial charge in [0.2, 0.25) is 11.8 Å². The van der Waals surface area contributed by atoms with E-state index in [0.29, 0.717) is 28.5 Å². The summed E-state index contributed by atoms with van der Waals surface area (Å²) in [6.45, 7) is 2.70. The Balaban J connectivity index is 1.54. The Labute approximate surface area is 185 Å². The maximum Gasteiger partial charge on any atom is 0.326 e. The molecule has 2 aliphatic rings. The predicted octanol–water partition coefficient (Wildman–Crippen LogP) is 3.28. The average molecular weight is 455 g/mol. The highest BCUT2D eigenvalue weighted by Crippen LogP contribution is 2.37. The molecule has 1 saturated heterocycles. The fourth-order valence-corrected chi connectivity index (χ4v) is 4.64. The highest BCUT2D eigenvalue weighted by molar-refractivity contribution is 6.35. The Kier molecular flexibility index (Phi) is 7.03. The van der Waals surface area contributed by atoms with Gasteiger partial charge in [0.15, 0.2) is 6.10 Å². The molecular formula is C21H24Cl2N2O5. The summed E-state index contributed by atoms with van der Waals surface area (Å²) < 4.78 is 5.16. The van der Waals surface area contributed by atoms with Crippen molar-refractivity contribution in [3.8, 4) is 0 Å². The van der Waals surface area contributed by atoms with Crippen molar-refractivity contribution >= 4 is 46.9 Å². The fourth-order valence-electron chi connectivity index (χ4n) is 4.07. The lowest BCUT2D eigenvalue weighted by Crippen LogP contribution is -2.41. The van der Waals surface area contributed by atoms with E-state index in [2.05, 4.69) is 5.32 Å². The first-order valence-corrected chi connectivity index (χ1v) is 10.7. The lowest BCUT2D eigenvalue weighted by molar-refractivity contribution is -0.159. The maximum atomic E-state index is 12.5. The minimum absolute atomic E-state index is 0.315. The van der Waals surface area contributed by atoms with Gasteiger partial charge < -0.3 is 10.1 Å². The van der Waals surface area contributed by atoms with Crippen LogP contribution in [-0.2, 0) is 23.9 Å². The van der Waals surface area contributed by atoms with Crippen LogP contribution in [0.15, 0.2) is 18.2 Å². The molecule has 3 rings (SSSR count). The molecule has 0 radical (unpaired) electrons. The summed E-state index contributed by atoms with van der Waals surface area (Å²) in [5.41, 5.74) is 0.670. The number of rotatable bonds is 6. The van der Waals surface area contributed by atoms with Crippen molar-refractivity contribution in [2.45, 2.75) is 51.7 Å². The van der Waals surface area contributed by atoms with E-state index in [1.807, 2.05) is 0 Å². The molecule has 1 aliphatic carbocycles. The fraction of sp³-hybridized carbons (Fsp3) is 0.524. The normalized spacial score (nSPS) is 23.0. The van der Waals surface area contributed by atoms with E-state index < -0.39 is 30.6 Å². The second-order valence-electron chi connectivity index (χ2n) is 7.79. The molecule has 1 aromatic carbocycles. The number of esters is 1. The number of carbonyl (C=O) groups excluding carboxylic acids is 4. The standard InChI is InChI=1S/C21H24Cl2N2O5/c1-11(14-8-7-13(22)9-17(14)23)24-19(27)12(2)30-18(26)10-25-20(28)15-5-3-4-6-16(15)21(25)29/h7-9,11-12,15-16H,3-6,10H2,1-2H3,(H,24,27). The van der Waals surface area contributed by atoms with E-state index >= 15 is 0 Å². The lowest BCUT2D eigenvalue weighted by atomic mass is 9.81. The van der Waals surface area contributed by atoms with Gasteiger partial charge in [-0.25, -0.2) is 0 Å². The number of nitrogens with zero attached hydrogens (tertiary/aromatic N) is 1. The van der Waals surface area contributed by atoms with Crippen LogP contribution >= 0.6 is 23.2 Å². The summed E-state index contributed by atoms with van der Waals surface area (Å²) in [7, 11) is 0. The molecule has 4 atom stereocenters. The van der Waals surface area contributed by atoms with Crippen molar-refractivity contribution < 1.29 is 23.9 Å². The van der Waals surface area contributed by atoms with Crippen LogP contribution in [0.25, 0.3) is 0 Å². The molecule has 1 aliphatic heterocycles.